The number of aromatic nitrogens is 1. The summed E-state index contributed by atoms with van der Waals surface area (Å²) in [5.74, 6) is 1.81. The van der Waals surface area contributed by atoms with E-state index in [4.69, 9.17) is 16.3 Å². The Morgan fingerprint density at radius 3 is 2.90 bits per heavy atom. The van der Waals surface area contributed by atoms with Crippen LogP contribution in [0.3, 0.4) is 0 Å². The van der Waals surface area contributed by atoms with Crippen LogP contribution in [0.2, 0.25) is 5.02 Å². The van der Waals surface area contributed by atoms with Crippen molar-refractivity contribution in [1.82, 2.24) is 15.6 Å². The number of nitrogens with zero attached hydrogens (tertiary/aromatic N) is 3. The fourth-order valence-electron chi connectivity index (χ4n) is 3.97. The third-order valence-electron chi connectivity index (χ3n) is 5.94. The van der Waals surface area contributed by atoms with Crippen LogP contribution in [0.1, 0.15) is 30.9 Å². The molecule has 2 N–H and O–H groups in total. The highest BCUT2D eigenvalue weighted by molar-refractivity contribution is 6.30. The van der Waals surface area contributed by atoms with Crippen LogP contribution in [0.15, 0.2) is 47.6 Å². The van der Waals surface area contributed by atoms with Gasteiger partial charge in [0.05, 0.1) is 12.7 Å². The van der Waals surface area contributed by atoms with Gasteiger partial charge < -0.3 is 20.3 Å². The van der Waals surface area contributed by atoms with Crippen molar-refractivity contribution in [3.63, 3.8) is 0 Å². The topological polar surface area (TPSA) is 61.8 Å². The highest BCUT2D eigenvalue weighted by atomic mass is 35.5. The molecule has 2 fully saturated rings. The van der Waals surface area contributed by atoms with Crippen LogP contribution < -0.4 is 15.5 Å². The molecule has 160 valence electrons. The Morgan fingerprint density at radius 1 is 1.30 bits per heavy atom. The number of rotatable bonds is 6. The molecule has 1 saturated carbocycles. The molecule has 1 aromatic carbocycles. The number of guanidine groups is 1. The molecule has 1 unspecified atom stereocenters. The van der Waals surface area contributed by atoms with Gasteiger partial charge in [-0.25, -0.2) is 4.98 Å². The van der Waals surface area contributed by atoms with Gasteiger partial charge in [0.2, 0.25) is 0 Å². The number of nitrogens with one attached hydrogen (secondary N) is 2. The third kappa shape index (κ3) is 5.05. The predicted octanol–water partition coefficient (Wildman–Crippen LogP) is 3.36. The molecule has 30 heavy (non-hydrogen) atoms. The van der Waals surface area contributed by atoms with Crippen molar-refractivity contribution in [2.45, 2.75) is 37.8 Å². The number of pyridine rings is 1. The Bertz CT molecular complexity index is 899. The first-order chi connectivity index (χ1) is 14.6. The number of halogens is 1. The standard InChI is InChI=1S/C23H30ClN5O/c1-17-15-29(10-11-30-17)21-12-18(6-9-26-21)14-27-22(25-2)28-16-23(7-8-23)19-4-3-5-20(24)13-19/h3-6,9,12-13,17H,7-8,10-11,14-16H2,1-2H3,(H2,25,27,28). The van der Waals surface area contributed by atoms with Crippen molar-refractivity contribution >= 4 is 23.4 Å². The fraction of sp³-hybridized carbons (Fsp3) is 0.478. The monoisotopic (exact) mass is 427 g/mol. The average Bonchev–Trinajstić information content (AvgIpc) is 3.55. The lowest BCUT2D eigenvalue weighted by Crippen LogP contribution is -2.42. The van der Waals surface area contributed by atoms with E-state index < -0.39 is 0 Å². The molecular weight excluding hydrogens is 398 g/mol. The van der Waals surface area contributed by atoms with Crippen molar-refractivity contribution in [2.75, 3.05) is 38.2 Å². The van der Waals surface area contributed by atoms with Gasteiger partial charge in [0.15, 0.2) is 5.96 Å². The van der Waals surface area contributed by atoms with Crippen molar-refractivity contribution in [2.24, 2.45) is 4.99 Å². The molecule has 1 atom stereocenters. The van der Waals surface area contributed by atoms with Crippen molar-refractivity contribution in [3.8, 4) is 0 Å². The van der Waals surface area contributed by atoms with E-state index >= 15 is 0 Å². The van der Waals surface area contributed by atoms with Crippen LogP contribution in [0, 0.1) is 0 Å². The molecule has 0 bridgehead atoms. The molecule has 1 aliphatic heterocycles. The zero-order valence-corrected chi connectivity index (χ0v) is 18.5. The summed E-state index contributed by atoms with van der Waals surface area (Å²) < 4.78 is 5.64. The van der Waals surface area contributed by atoms with E-state index in [1.165, 1.54) is 24.0 Å². The molecule has 0 spiro atoms. The summed E-state index contributed by atoms with van der Waals surface area (Å²) >= 11 is 6.19. The minimum absolute atomic E-state index is 0.166. The lowest BCUT2D eigenvalue weighted by atomic mass is 9.96. The highest BCUT2D eigenvalue weighted by Crippen LogP contribution is 2.48. The van der Waals surface area contributed by atoms with Gasteiger partial charge in [-0.05, 0) is 55.2 Å². The molecule has 2 heterocycles. The summed E-state index contributed by atoms with van der Waals surface area (Å²) in [4.78, 5) is 11.2. The van der Waals surface area contributed by atoms with Gasteiger partial charge >= 0.3 is 0 Å². The molecule has 0 amide bonds. The molecular formula is C23H30ClN5O. The first-order valence-corrected chi connectivity index (χ1v) is 11.0. The van der Waals surface area contributed by atoms with Gasteiger partial charge in [0.25, 0.3) is 0 Å². The second-order valence-electron chi connectivity index (χ2n) is 8.22. The normalized spacial score (nSPS) is 20.7. The number of hydrogen-bond donors (Lipinski definition) is 2. The molecule has 2 aliphatic rings. The van der Waals surface area contributed by atoms with Crippen LogP contribution in [-0.2, 0) is 16.7 Å². The van der Waals surface area contributed by atoms with E-state index in [1.807, 2.05) is 24.4 Å². The quantitative estimate of drug-likeness (QED) is 0.546. The van der Waals surface area contributed by atoms with Gasteiger partial charge in [-0.1, -0.05) is 23.7 Å². The molecule has 2 aromatic rings. The molecule has 1 saturated heterocycles. The van der Waals surface area contributed by atoms with Gasteiger partial charge in [0.1, 0.15) is 5.82 Å². The maximum Gasteiger partial charge on any atom is 0.191 e. The van der Waals surface area contributed by atoms with Gasteiger partial charge in [-0.3, -0.25) is 4.99 Å². The van der Waals surface area contributed by atoms with E-state index in [0.717, 1.165) is 43.0 Å². The molecule has 4 rings (SSSR count). The van der Waals surface area contributed by atoms with Crippen LogP contribution in [-0.4, -0.2) is 50.3 Å². The number of aliphatic imine (C=N–C) groups is 1. The number of anilines is 1. The van der Waals surface area contributed by atoms with Crippen LogP contribution >= 0.6 is 11.6 Å². The van der Waals surface area contributed by atoms with Gasteiger partial charge in [-0.15, -0.1) is 0 Å². The number of benzene rings is 1. The van der Waals surface area contributed by atoms with Crippen LogP contribution in [0.4, 0.5) is 5.82 Å². The minimum Gasteiger partial charge on any atom is -0.375 e. The highest BCUT2D eigenvalue weighted by Gasteiger charge is 2.44. The van der Waals surface area contributed by atoms with Gasteiger partial charge in [-0.2, -0.15) is 0 Å². The van der Waals surface area contributed by atoms with Crippen LogP contribution in [0.5, 0.6) is 0 Å². The first kappa shape index (κ1) is 20.9. The van der Waals surface area contributed by atoms with E-state index in [0.29, 0.717) is 6.54 Å². The molecule has 1 aliphatic carbocycles. The Labute approximate surface area is 183 Å². The van der Waals surface area contributed by atoms with E-state index in [-0.39, 0.29) is 11.5 Å². The summed E-state index contributed by atoms with van der Waals surface area (Å²) in [5.41, 5.74) is 2.65. The Morgan fingerprint density at radius 2 is 2.17 bits per heavy atom. The van der Waals surface area contributed by atoms with Gasteiger partial charge in [0, 0.05) is 49.9 Å². The average molecular weight is 428 g/mol. The van der Waals surface area contributed by atoms with E-state index in [9.17, 15) is 0 Å². The largest absolute Gasteiger partial charge is 0.375 e. The summed E-state index contributed by atoms with van der Waals surface area (Å²) in [7, 11) is 1.81. The number of hydrogen-bond acceptors (Lipinski definition) is 4. The number of morpholine rings is 1. The first-order valence-electron chi connectivity index (χ1n) is 10.6. The number of ether oxygens (including phenoxy) is 1. The second-order valence-corrected chi connectivity index (χ2v) is 8.66. The zero-order valence-electron chi connectivity index (χ0n) is 17.7. The predicted molar refractivity (Wildman–Crippen MR) is 122 cm³/mol. The minimum atomic E-state index is 0.166. The maximum absolute atomic E-state index is 6.19. The summed E-state index contributed by atoms with van der Waals surface area (Å²) in [6.07, 6.45) is 4.45. The lowest BCUT2D eigenvalue weighted by Gasteiger charge is -2.32. The van der Waals surface area contributed by atoms with Crippen molar-refractivity contribution < 1.29 is 4.74 Å². The fourth-order valence-corrected chi connectivity index (χ4v) is 4.16. The SMILES string of the molecule is CN=C(NCc1ccnc(N2CCOC(C)C2)c1)NCC1(c2cccc(Cl)c2)CC1. The molecule has 0 radical (unpaired) electrons. The third-order valence-corrected chi connectivity index (χ3v) is 6.18. The van der Waals surface area contributed by atoms with Crippen molar-refractivity contribution in [1.29, 1.82) is 0 Å². The smallest absolute Gasteiger partial charge is 0.191 e. The zero-order chi connectivity index (χ0) is 21.0. The summed E-state index contributed by atoms with van der Waals surface area (Å²) in [6, 6.07) is 12.4. The molecule has 7 heteroatoms. The second kappa shape index (κ2) is 9.23. The lowest BCUT2D eigenvalue weighted by molar-refractivity contribution is 0.0529. The maximum atomic E-state index is 6.19. The molecule has 6 nitrogen and oxygen atoms in total. The Balaban J connectivity index is 1.32. The summed E-state index contributed by atoms with van der Waals surface area (Å²) in [6.45, 7) is 6.14. The summed E-state index contributed by atoms with van der Waals surface area (Å²) in [5, 5.41) is 7.72. The Hall–Kier alpha value is -2.31. The van der Waals surface area contributed by atoms with E-state index in [2.05, 4.69) is 50.6 Å². The Kier molecular flexibility index (Phi) is 6.44. The van der Waals surface area contributed by atoms with Crippen molar-refractivity contribution in [3.05, 3.63) is 58.7 Å². The van der Waals surface area contributed by atoms with E-state index in [1.54, 1.807) is 7.05 Å². The van der Waals surface area contributed by atoms with Crippen LogP contribution in [0.25, 0.3) is 0 Å². The molecule has 1 aromatic heterocycles.